The van der Waals surface area contributed by atoms with Crippen molar-refractivity contribution in [1.82, 2.24) is 20.9 Å². The van der Waals surface area contributed by atoms with E-state index in [1.165, 1.54) is 6.92 Å². The van der Waals surface area contributed by atoms with Gasteiger partial charge < -0.3 is 26.7 Å². The molecular weight excluding hydrogens is 474 g/mol. The van der Waals surface area contributed by atoms with Crippen LogP contribution in [0, 0.1) is 0 Å². The highest BCUT2D eigenvalue weighted by Gasteiger charge is 2.30. The van der Waals surface area contributed by atoms with E-state index < -0.39 is 29.6 Å². The van der Waals surface area contributed by atoms with Crippen LogP contribution in [0.1, 0.15) is 31.9 Å². The molecule has 0 aliphatic rings. The maximum atomic E-state index is 13.5. The van der Waals surface area contributed by atoms with Crippen molar-refractivity contribution in [2.24, 2.45) is 5.73 Å². The molecule has 4 aromatic rings. The topological polar surface area (TPSA) is 129 Å². The summed E-state index contributed by atoms with van der Waals surface area (Å²) in [6.45, 7) is 4.59. The molecule has 9 heteroatoms. The van der Waals surface area contributed by atoms with E-state index in [0.29, 0.717) is 6.42 Å². The van der Waals surface area contributed by atoms with Gasteiger partial charge in [0.05, 0.1) is 5.54 Å². The smallest absolute Gasteiger partial charge is 0.244 e. The van der Waals surface area contributed by atoms with Gasteiger partial charge in [-0.3, -0.25) is 14.4 Å². The zero-order valence-corrected chi connectivity index (χ0v) is 21.4. The van der Waals surface area contributed by atoms with Gasteiger partial charge in [-0.05, 0) is 47.9 Å². The van der Waals surface area contributed by atoms with Gasteiger partial charge in [0, 0.05) is 41.6 Å². The number of para-hydroxylation sites is 1. The van der Waals surface area contributed by atoms with Crippen molar-refractivity contribution in [2.45, 2.75) is 51.4 Å². The highest BCUT2D eigenvalue weighted by atomic mass is 32.1. The summed E-state index contributed by atoms with van der Waals surface area (Å²) < 4.78 is 1.10. The SMILES string of the molecule is CC(=O)N[C@@H](Cc1c[nH]c2ccccc12)NC(=O)[C@@H](Cc1csc2ccccc12)NC(=O)C(C)(C)N. The Morgan fingerprint density at radius 3 is 2.36 bits per heavy atom. The molecule has 6 N–H and O–H groups in total. The number of carbonyl (C=O) groups is 3. The summed E-state index contributed by atoms with van der Waals surface area (Å²) in [4.78, 5) is 41.5. The van der Waals surface area contributed by atoms with Crippen molar-refractivity contribution in [1.29, 1.82) is 0 Å². The van der Waals surface area contributed by atoms with Crippen molar-refractivity contribution in [3.63, 3.8) is 0 Å². The van der Waals surface area contributed by atoms with Crippen molar-refractivity contribution >= 4 is 50.0 Å². The maximum Gasteiger partial charge on any atom is 0.244 e. The Kier molecular flexibility index (Phi) is 7.42. The lowest BCUT2D eigenvalue weighted by atomic mass is 10.0. The summed E-state index contributed by atoms with van der Waals surface area (Å²) in [6, 6.07) is 14.9. The number of hydrogen-bond acceptors (Lipinski definition) is 5. The van der Waals surface area contributed by atoms with Crippen LogP contribution < -0.4 is 21.7 Å². The van der Waals surface area contributed by atoms with Crippen molar-refractivity contribution < 1.29 is 14.4 Å². The van der Waals surface area contributed by atoms with Gasteiger partial charge in [0.1, 0.15) is 12.2 Å². The summed E-state index contributed by atoms with van der Waals surface area (Å²) in [6.07, 6.45) is 1.87. The number of aromatic nitrogens is 1. The first-order chi connectivity index (χ1) is 17.1. The van der Waals surface area contributed by atoms with E-state index in [2.05, 4.69) is 20.9 Å². The number of hydrogen-bond donors (Lipinski definition) is 5. The first kappa shape index (κ1) is 25.4. The third-order valence-corrected chi connectivity index (χ3v) is 7.00. The lowest BCUT2D eigenvalue weighted by Gasteiger charge is -2.26. The molecule has 0 radical (unpaired) electrons. The third-order valence-electron chi connectivity index (χ3n) is 5.99. The fourth-order valence-corrected chi connectivity index (χ4v) is 5.12. The summed E-state index contributed by atoms with van der Waals surface area (Å²) in [5, 5.41) is 12.6. The molecule has 0 bridgehead atoms. The predicted octanol–water partition coefficient (Wildman–Crippen LogP) is 2.97. The van der Waals surface area contributed by atoms with Crippen LogP contribution in [0.5, 0.6) is 0 Å². The Balaban J connectivity index is 1.58. The predicted molar refractivity (Wildman–Crippen MR) is 143 cm³/mol. The van der Waals surface area contributed by atoms with Gasteiger partial charge in [-0.1, -0.05) is 36.4 Å². The lowest BCUT2D eigenvalue weighted by molar-refractivity contribution is -0.132. The van der Waals surface area contributed by atoms with E-state index in [1.807, 2.05) is 60.1 Å². The second kappa shape index (κ2) is 10.5. The highest BCUT2D eigenvalue weighted by molar-refractivity contribution is 7.17. The van der Waals surface area contributed by atoms with Crippen LogP contribution in [0.3, 0.4) is 0 Å². The number of nitrogens with one attached hydrogen (secondary N) is 4. The highest BCUT2D eigenvalue weighted by Crippen LogP contribution is 2.27. The molecule has 0 fully saturated rings. The van der Waals surface area contributed by atoms with Crippen LogP contribution >= 0.6 is 11.3 Å². The van der Waals surface area contributed by atoms with E-state index in [0.717, 1.165) is 32.1 Å². The number of benzene rings is 2. The second-order valence-electron chi connectivity index (χ2n) is 9.53. The Morgan fingerprint density at radius 1 is 0.944 bits per heavy atom. The summed E-state index contributed by atoms with van der Waals surface area (Å²) >= 11 is 1.59. The molecule has 188 valence electrons. The van der Waals surface area contributed by atoms with Gasteiger partial charge in [-0.15, -0.1) is 11.3 Å². The van der Waals surface area contributed by atoms with Gasteiger partial charge in [-0.25, -0.2) is 0 Å². The summed E-state index contributed by atoms with van der Waals surface area (Å²) in [7, 11) is 0. The fraction of sp³-hybridized carbons (Fsp3) is 0.296. The molecule has 2 heterocycles. The van der Waals surface area contributed by atoms with Crippen LogP contribution in [0.15, 0.2) is 60.1 Å². The summed E-state index contributed by atoms with van der Waals surface area (Å²) in [5.74, 6) is -1.11. The van der Waals surface area contributed by atoms with Crippen molar-refractivity contribution in [3.05, 3.63) is 71.2 Å². The van der Waals surface area contributed by atoms with Gasteiger partial charge in [0.2, 0.25) is 17.7 Å². The molecule has 0 saturated heterocycles. The molecule has 2 atom stereocenters. The minimum absolute atomic E-state index is 0.271. The molecule has 36 heavy (non-hydrogen) atoms. The molecule has 2 aromatic carbocycles. The van der Waals surface area contributed by atoms with Gasteiger partial charge >= 0.3 is 0 Å². The Hall–Kier alpha value is -3.69. The molecule has 8 nitrogen and oxygen atoms in total. The standard InChI is InChI=1S/C27H31N5O3S/c1-16(33)30-24(13-17-14-29-21-10-6-4-8-19(17)21)32-25(34)22(31-26(35)27(2,3)28)12-18-15-36-23-11-7-5-9-20(18)23/h4-11,14-15,22,24,29H,12-13,28H2,1-3H3,(H,30,33)(H,31,35)(H,32,34)/t22-,24-/m1/s1. The average Bonchev–Trinajstić information content (AvgIpc) is 3.42. The maximum absolute atomic E-state index is 13.5. The Bertz CT molecular complexity index is 1400. The number of H-pyrrole nitrogens is 1. The van der Waals surface area contributed by atoms with Crippen LogP contribution in [-0.4, -0.2) is 40.5 Å². The van der Waals surface area contributed by atoms with Crippen LogP contribution in [0.4, 0.5) is 0 Å². The average molecular weight is 506 g/mol. The van der Waals surface area contributed by atoms with E-state index in [9.17, 15) is 14.4 Å². The fourth-order valence-electron chi connectivity index (χ4n) is 4.14. The van der Waals surface area contributed by atoms with Crippen molar-refractivity contribution in [2.75, 3.05) is 0 Å². The van der Waals surface area contributed by atoms with Gasteiger partial charge in [0.25, 0.3) is 0 Å². The quantitative estimate of drug-likeness (QED) is 0.224. The van der Waals surface area contributed by atoms with E-state index in [-0.39, 0.29) is 12.3 Å². The zero-order chi connectivity index (χ0) is 25.9. The van der Waals surface area contributed by atoms with Crippen LogP contribution in [-0.2, 0) is 27.2 Å². The van der Waals surface area contributed by atoms with E-state index in [4.69, 9.17) is 5.73 Å². The largest absolute Gasteiger partial charge is 0.361 e. The third kappa shape index (κ3) is 5.92. The van der Waals surface area contributed by atoms with Crippen LogP contribution in [0.2, 0.25) is 0 Å². The zero-order valence-electron chi connectivity index (χ0n) is 20.6. The number of carbonyl (C=O) groups excluding carboxylic acids is 3. The second-order valence-corrected chi connectivity index (χ2v) is 10.4. The van der Waals surface area contributed by atoms with E-state index in [1.54, 1.807) is 25.2 Å². The Morgan fingerprint density at radius 2 is 1.64 bits per heavy atom. The normalized spacial score (nSPS) is 13.3. The van der Waals surface area contributed by atoms with Gasteiger partial charge in [-0.2, -0.15) is 0 Å². The molecule has 2 aromatic heterocycles. The molecule has 0 aliphatic heterocycles. The molecule has 0 aliphatic carbocycles. The van der Waals surface area contributed by atoms with Crippen molar-refractivity contribution in [3.8, 4) is 0 Å². The first-order valence-electron chi connectivity index (χ1n) is 11.8. The number of nitrogens with two attached hydrogens (primary N) is 1. The molecule has 0 spiro atoms. The monoisotopic (exact) mass is 505 g/mol. The number of amides is 3. The number of rotatable bonds is 9. The number of thiophene rings is 1. The molecule has 0 saturated carbocycles. The Labute approximate surface area is 213 Å². The number of fused-ring (bicyclic) bond motifs is 2. The first-order valence-corrected chi connectivity index (χ1v) is 12.7. The van der Waals surface area contributed by atoms with Crippen LogP contribution in [0.25, 0.3) is 21.0 Å². The van der Waals surface area contributed by atoms with E-state index >= 15 is 0 Å². The minimum atomic E-state index is -1.16. The molecule has 3 amide bonds. The number of aromatic amines is 1. The molecular formula is C27H31N5O3S. The molecule has 4 rings (SSSR count). The molecule has 0 unspecified atom stereocenters. The summed E-state index contributed by atoms with van der Waals surface area (Å²) in [5.41, 5.74) is 7.73. The lowest BCUT2D eigenvalue weighted by Crippen LogP contribution is -2.59. The van der Waals surface area contributed by atoms with Gasteiger partial charge in [0.15, 0.2) is 0 Å². The minimum Gasteiger partial charge on any atom is -0.361 e.